The van der Waals surface area contributed by atoms with Crippen LogP contribution in [0.3, 0.4) is 0 Å². The van der Waals surface area contributed by atoms with Crippen molar-refractivity contribution in [1.82, 2.24) is 10.2 Å². The quantitative estimate of drug-likeness (QED) is 0.926. The van der Waals surface area contributed by atoms with E-state index >= 15 is 0 Å². The Kier molecular flexibility index (Phi) is 5.28. The molecule has 1 aliphatic heterocycles. The zero-order valence-corrected chi connectivity index (χ0v) is 12.5. The number of nitrogens with zero attached hydrogens (tertiary/aromatic N) is 1. The van der Waals surface area contributed by atoms with E-state index in [1.807, 2.05) is 0 Å². The molecule has 1 fully saturated rings. The average molecular weight is 296 g/mol. The summed E-state index contributed by atoms with van der Waals surface area (Å²) in [6.45, 7) is 3.57. The molecule has 0 aromatic heterocycles. The van der Waals surface area contributed by atoms with Crippen LogP contribution in [0.25, 0.3) is 0 Å². The van der Waals surface area contributed by atoms with E-state index in [0.717, 1.165) is 44.1 Å². The minimum Gasteiger partial charge on any atom is -0.339 e. The molecule has 5 heteroatoms. The predicted molar refractivity (Wildman–Crippen MR) is 77.8 cm³/mol. The monoisotopic (exact) mass is 296 g/mol. The SMILES string of the molecule is CC(c1cc(F)ccc1F)N(C)C(=O)CC1CCCNC1. The molecule has 1 amide bonds. The van der Waals surface area contributed by atoms with E-state index in [-0.39, 0.29) is 11.5 Å². The first kappa shape index (κ1) is 15.9. The molecule has 1 aromatic carbocycles. The molecule has 0 bridgehead atoms. The Morgan fingerprint density at radius 2 is 2.24 bits per heavy atom. The number of piperidine rings is 1. The summed E-state index contributed by atoms with van der Waals surface area (Å²) in [7, 11) is 1.65. The van der Waals surface area contributed by atoms with Crippen LogP contribution in [0, 0.1) is 17.6 Å². The second-order valence-electron chi connectivity index (χ2n) is 5.76. The first-order chi connectivity index (χ1) is 9.99. The summed E-state index contributed by atoms with van der Waals surface area (Å²) in [5.74, 6) is -0.670. The van der Waals surface area contributed by atoms with Gasteiger partial charge in [0.15, 0.2) is 0 Å². The molecule has 1 heterocycles. The van der Waals surface area contributed by atoms with E-state index in [1.54, 1.807) is 14.0 Å². The van der Waals surface area contributed by atoms with Gasteiger partial charge < -0.3 is 10.2 Å². The fraction of sp³-hybridized carbons (Fsp3) is 0.562. The Balaban J connectivity index is 2.02. The number of nitrogens with one attached hydrogen (secondary N) is 1. The Morgan fingerprint density at radius 1 is 1.48 bits per heavy atom. The molecule has 1 N–H and O–H groups in total. The minimum absolute atomic E-state index is 0.0279. The highest BCUT2D eigenvalue weighted by Gasteiger charge is 2.24. The van der Waals surface area contributed by atoms with Crippen molar-refractivity contribution in [2.45, 2.75) is 32.2 Å². The van der Waals surface area contributed by atoms with E-state index in [2.05, 4.69) is 5.32 Å². The van der Waals surface area contributed by atoms with Crippen LogP contribution in [0.2, 0.25) is 0 Å². The fourth-order valence-electron chi connectivity index (χ4n) is 2.75. The second kappa shape index (κ2) is 6.98. The molecule has 1 aromatic rings. The van der Waals surface area contributed by atoms with Crippen molar-refractivity contribution in [1.29, 1.82) is 0 Å². The van der Waals surface area contributed by atoms with Gasteiger partial charge in [0.2, 0.25) is 5.91 Å². The highest BCUT2D eigenvalue weighted by Crippen LogP contribution is 2.25. The topological polar surface area (TPSA) is 32.3 Å². The number of carbonyl (C=O) groups is 1. The Morgan fingerprint density at radius 3 is 2.90 bits per heavy atom. The van der Waals surface area contributed by atoms with Crippen molar-refractivity contribution >= 4 is 5.91 Å². The number of carbonyl (C=O) groups excluding carboxylic acids is 1. The minimum atomic E-state index is -0.490. The van der Waals surface area contributed by atoms with E-state index in [1.165, 1.54) is 4.90 Å². The lowest BCUT2D eigenvalue weighted by Gasteiger charge is -2.29. The van der Waals surface area contributed by atoms with Gasteiger partial charge in [-0.2, -0.15) is 0 Å². The molecule has 2 atom stereocenters. The molecule has 0 spiro atoms. The lowest BCUT2D eigenvalue weighted by molar-refractivity contribution is -0.133. The largest absolute Gasteiger partial charge is 0.339 e. The predicted octanol–water partition coefficient (Wildman–Crippen LogP) is 2.87. The summed E-state index contributed by atoms with van der Waals surface area (Å²) in [6.07, 6.45) is 2.57. The lowest BCUT2D eigenvalue weighted by Crippen LogP contribution is -2.36. The molecule has 21 heavy (non-hydrogen) atoms. The third-order valence-electron chi connectivity index (χ3n) is 4.24. The van der Waals surface area contributed by atoms with Crippen LogP contribution in [0.4, 0.5) is 8.78 Å². The molecule has 3 nitrogen and oxygen atoms in total. The Hall–Kier alpha value is -1.49. The summed E-state index contributed by atoms with van der Waals surface area (Å²) in [6, 6.07) is 2.86. The standard InChI is InChI=1S/C16H22F2N2O/c1-11(14-9-13(17)5-6-15(14)18)20(2)16(21)8-12-4-3-7-19-10-12/h5-6,9,11-12,19H,3-4,7-8,10H2,1-2H3. The van der Waals surface area contributed by atoms with Crippen LogP contribution < -0.4 is 5.32 Å². The van der Waals surface area contributed by atoms with Gasteiger partial charge in [-0.15, -0.1) is 0 Å². The fourth-order valence-corrected chi connectivity index (χ4v) is 2.75. The van der Waals surface area contributed by atoms with Crippen LogP contribution in [-0.4, -0.2) is 30.9 Å². The van der Waals surface area contributed by atoms with Crippen LogP contribution in [-0.2, 0) is 4.79 Å². The number of hydrogen-bond acceptors (Lipinski definition) is 2. The molecule has 2 unspecified atom stereocenters. The number of amides is 1. The Bertz CT molecular complexity index is 501. The summed E-state index contributed by atoms with van der Waals surface area (Å²) in [4.78, 5) is 13.8. The van der Waals surface area contributed by atoms with Crippen LogP contribution in [0.1, 0.15) is 37.8 Å². The van der Waals surface area contributed by atoms with Crippen LogP contribution >= 0.6 is 0 Å². The zero-order valence-electron chi connectivity index (χ0n) is 12.5. The van der Waals surface area contributed by atoms with Gasteiger partial charge in [-0.05, 0) is 57.0 Å². The second-order valence-corrected chi connectivity index (χ2v) is 5.76. The number of rotatable bonds is 4. The third kappa shape index (κ3) is 4.00. The zero-order chi connectivity index (χ0) is 15.4. The van der Waals surface area contributed by atoms with Crippen molar-refractivity contribution < 1.29 is 13.6 Å². The molecular formula is C16H22F2N2O. The molecular weight excluding hydrogens is 274 g/mol. The highest BCUT2D eigenvalue weighted by atomic mass is 19.1. The van der Waals surface area contributed by atoms with Gasteiger partial charge in [0.25, 0.3) is 0 Å². The van der Waals surface area contributed by atoms with Crippen molar-refractivity contribution in [2.24, 2.45) is 5.92 Å². The van der Waals surface area contributed by atoms with E-state index in [9.17, 15) is 13.6 Å². The van der Waals surface area contributed by atoms with Gasteiger partial charge in [-0.25, -0.2) is 8.78 Å². The van der Waals surface area contributed by atoms with Gasteiger partial charge in [0.05, 0.1) is 6.04 Å². The maximum absolute atomic E-state index is 13.8. The van der Waals surface area contributed by atoms with E-state index in [0.29, 0.717) is 12.3 Å². The van der Waals surface area contributed by atoms with E-state index < -0.39 is 17.7 Å². The summed E-state index contributed by atoms with van der Waals surface area (Å²) in [5.41, 5.74) is 0.215. The Labute approximate surface area is 124 Å². The van der Waals surface area contributed by atoms with Crippen molar-refractivity contribution in [3.63, 3.8) is 0 Å². The van der Waals surface area contributed by atoms with Gasteiger partial charge in [0, 0.05) is 19.0 Å². The number of benzene rings is 1. The van der Waals surface area contributed by atoms with E-state index in [4.69, 9.17) is 0 Å². The summed E-state index contributed by atoms with van der Waals surface area (Å²) < 4.78 is 27.1. The first-order valence-corrected chi connectivity index (χ1v) is 7.40. The lowest BCUT2D eigenvalue weighted by atomic mass is 9.95. The van der Waals surface area contributed by atoms with Gasteiger partial charge in [-0.3, -0.25) is 4.79 Å². The summed E-state index contributed by atoms with van der Waals surface area (Å²) >= 11 is 0. The van der Waals surface area contributed by atoms with Crippen molar-refractivity contribution in [2.75, 3.05) is 20.1 Å². The first-order valence-electron chi connectivity index (χ1n) is 7.40. The molecule has 1 saturated heterocycles. The van der Waals surface area contributed by atoms with Crippen LogP contribution in [0.5, 0.6) is 0 Å². The molecule has 0 aliphatic carbocycles. The number of hydrogen-bond donors (Lipinski definition) is 1. The maximum Gasteiger partial charge on any atom is 0.223 e. The van der Waals surface area contributed by atoms with Gasteiger partial charge in [-0.1, -0.05) is 0 Å². The highest BCUT2D eigenvalue weighted by molar-refractivity contribution is 5.76. The van der Waals surface area contributed by atoms with Crippen molar-refractivity contribution in [3.8, 4) is 0 Å². The smallest absolute Gasteiger partial charge is 0.223 e. The average Bonchev–Trinajstić information content (AvgIpc) is 2.49. The molecule has 2 rings (SSSR count). The molecule has 1 aliphatic rings. The molecule has 0 saturated carbocycles. The number of halogens is 2. The summed E-state index contributed by atoms with van der Waals surface area (Å²) in [5, 5.41) is 3.28. The maximum atomic E-state index is 13.8. The third-order valence-corrected chi connectivity index (χ3v) is 4.24. The van der Waals surface area contributed by atoms with Crippen molar-refractivity contribution in [3.05, 3.63) is 35.4 Å². The molecule has 0 radical (unpaired) electrons. The van der Waals surface area contributed by atoms with Gasteiger partial charge >= 0.3 is 0 Å². The normalized spacial score (nSPS) is 20.1. The van der Waals surface area contributed by atoms with Crippen LogP contribution in [0.15, 0.2) is 18.2 Å². The molecule has 116 valence electrons. The van der Waals surface area contributed by atoms with Gasteiger partial charge in [0.1, 0.15) is 11.6 Å².